The van der Waals surface area contributed by atoms with Crippen LogP contribution >= 0.6 is 0 Å². The zero-order valence-electron chi connectivity index (χ0n) is 6.92. The van der Waals surface area contributed by atoms with E-state index in [1.807, 2.05) is 6.08 Å². The minimum atomic E-state index is -0.172. The van der Waals surface area contributed by atoms with Crippen LogP contribution in [0.5, 0.6) is 0 Å². The maximum atomic E-state index is 9.56. The molecule has 1 N–H and O–H groups in total. The van der Waals surface area contributed by atoms with Crippen molar-refractivity contribution in [3.8, 4) is 0 Å². The van der Waals surface area contributed by atoms with E-state index >= 15 is 0 Å². The SMILES string of the molecule is C=CC[C@@H]1CCC(=C)C[C@H]1O. The molecular formula is C10H16O. The van der Waals surface area contributed by atoms with Crippen LogP contribution in [0.4, 0.5) is 0 Å². The van der Waals surface area contributed by atoms with Crippen LogP contribution in [-0.4, -0.2) is 11.2 Å². The number of rotatable bonds is 2. The Labute approximate surface area is 68.4 Å². The highest BCUT2D eigenvalue weighted by Gasteiger charge is 2.23. The first kappa shape index (κ1) is 8.54. The molecule has 1 aliphatic carbocycles. The highest BCUT2D eigenvalue weighted by atomic mass is 16.3. The molecule has 0 bridgehead atoms. The van der Waals surface area contributed by atoms with Crippen molar-refractivity contribution in [3.05, 3.63) is 24.8 Å². The molecule has 0 amide bonds. The van der Waals surface area contributed by atoms with Gasteiger partial charge in [0.15, 0.2) is 0 Å². The summed E-state index contributed by atoms with van der Waals surface area (Å²) in [7, 11) is 0. The molecule has 0 heterocycles. The van der Waals surface area contributed by atoms with Crippen LogP contribution in [0.15, 0.2) is 24.8 Å². The van der Waals surface area contributed by atoms with Gasteiger partial charge in [0.25, 0.3) is 0 Å². The number of allylic oxidation sites excluding steroid dienone is 1. The van der Waals surface area contributed by atoms with Gasteiger partial charge < -0.3 is 5.11 Å². The van der Waals surface area contributed by atoms with Gasteiger partial charge in [-0.05, 0) is 31.6 Å². The summed E-state index contributed by atoms with van der Waals surface area (Å²) in [5.74, 6) is 0.429. The van der Waals surface area contributed by atoms with Crippen LogP contribution < -0.4 is 0 Å². The first-order valence-electron chi connectivity index (χ1n) is 4.19. The van der Waals surface area contributed by atoms with Crippen LogP contribution in [0, 0.1) is 5.92 Å². The van der Waals surface area contributed by atoms with Gasteiger partial charge in [0, 0.05) is 0 Å². The molecule has 0 unspecified atom stereocenters. The predicted octanol–water partition coefficient (Wildman–Crippen LogP) is 2.28. The van der Waals surface area contributed by atoms with Crippen LogP contribution in [-0.2, 0) is 0 Å². The monoisotopic (exact) mass is 152 g/mol. The van der Waals surface area contributed by atoms with Crippen molar-refractivity contribution in [2.45, 2.75) is 31.8 Å². The van der Waals surface area contributed by atoms with E-state index in [0.717, 1.165) is 25.7 Å². The minimum absolute atomic E-state index is 0.172. The van der Waals surface area contributed by atoms with E-state index in [1.54, 1.807) is 0 Å². The third kappa shape index (κ3) is 2.19. The Bertz CT molecular complexity index is 160. The average molecular weight is 152 g/mol. The summed E-state index contributed by atoms with van der Waals surface area (Å²) in [5.41, 5.74) is 1.19. The molecule has 0 aliphatic heterocycles. The first-order chi connectivity index (χ1) is 5.24. The normalized spacial score (nSPS) is 31.9. The fraction of sp³-hybridized carbons (Fsp3) is 0.600. The fourth-order valence-electron chi connectivity index (χ4n) is 1.64. The second-order valence-electron chi connectivity index (χ2n) is 3.34. The third-order valence-corrected chi connectivity index (χ3v) is 2.38. The van der Waals surface area contributed by atoms with E-state index in [1.165, 1.54) is 5.57 Å². The largest absolute Gasteiger partial charge is 0.392 e. The Kier molecular flexibility index (Phi) is 2.89. The van der Waals surface area contributed by atoms with Crippen LogP contribution in [0.2, 0.25) is 0 Å². The first-order valence-corrected chi connectivity index (χ1v) is 4.19. The van der Waals surface area contributed by atoms with Gasteiger partial charge in [-0.1, -0.05) is 18.2 Å². The van der Waals surface area contributed by atoms with E-state index in [2.05, 4.69) is 13.2 Å². The lowest BCUT2D eigenvalue weighted by Gasteiger charge is -2.27. The van der Waals surface area contributed by atoms with Crippen LogP contribution in [0.3, 0.4) is 0 Å². The summed E-state index contributed by atoms with van der Waals surface area (Å²) in [5, 5.41) is 9.56. The highest BCUT2D eigenvalue weighted by molar-refractivity contribution is 5.02. The topological polar surface area (TPSA) is 20.2 Å². The molecule has 0 aromatic rings. The summed E-state index contributed by atoms with van der Waals surface area (Å²) >= 11 is 0. The number of hydrogen-bond donors (Lipinski definition) is 1. The van der Waals surface area contributed by atoms with Gasteiger partial charge in [0.2, 0.25) is 0 Å². The van der Waals surface area contributed by atoms with E-state index < -0.39 is 0 Å². The van der Waals surface area contributed by atoms with Crippen molar-refractivity contribution in [2.24, 2.45) is 5.92 Å². The van der Waals surface area contributed by atoms with Gasteiger partial charge in [-0.25, -0.2) is 0 Å². The van der Waals surface area contributed by atoms with Crippen LogP contribution in [0.1, 0.15) is 25.7 Å². The molecule has 62 valence electrons. The zero-order chi connectivity index (χ0) is 8.27. The summed E-state index contributed by atoms with van der Waals surface area (Å²) in [6, 6.07) is 0. The lowest BCUT2D eigenvalue weighted by Crippen LogP contribution is -2.24. The van der Waals surface area contributed by atoms with E-state index in [9.17, 15) is 5.11 Å². The summed E-state index contributed by atoms with van der Waals surface area (Å²) in [6.07, 6.45) is 5.60. The molecule has 11 heavy (non-hydrogen) atoms. The Balaban J connectivity index is 2.43. The molecule has 1 aliphatic rings. The smallest absolute Gasteiger partial charge is 0.0608 e. The zero-order valence-corrected chi connectivity index (χ0v) is 6.92. The molecule has 1 nitrogen and oxygen atoms in total. The Hall–Kier alpha value is -0.560. The molecule has 1 heteroatoms. The van der Waals surface area contributed by atoms with Gasteiger partial charge in [-0.2, -0.15) is 0 Å². The van der Waals surface area contributed by atoms with Crippen molar-refractivity contribution in [1.29, 1.82) is 0 Å². The number of aliphatic hydroxyl groups excluding tert-OH is 1. The Morgan fingerprint density at radius 2 is 2.36 bits per heavy atom. The Morgan fingerprint density at radius 3 is 2.91 bits per heavy atom. The highest BCUT2D eigenvalue weighted by Crippen LogP contribution is 2.29. The molecule has 2 atom stereocenters. The summed E-state index contributed by atoms with van der Waals surface area (Å²) < 4.78 is 0. The van der Waals surface area contributed by atoms with Gasteiger partial charge in [0.1, 0.15) is 0 Å². The van der Waals surface area contributed by atoms with E-state index in [0.29, 0.717) is 5.92 Å². The molecule has 0 aromatic carbocycles. The maximum Gasteiger partial charge on any atom is 0.0608 e. The number of aliphatic hydroxyl groups is 1. The molecule has 1 saturated carbocycles. The van der Waals surface area contributed by atoms with Gasteiger partial charge in [-0.3, -0.25) is 0 Å². The molecular weight excluding hydrogens is 136 g/mol. The molecule has 0 spiro atoms. The lowest BCUT2D eigenvalue weighted by atomic mass is 9.82. The molecule has 0 saturated heterocycles. The minimum Gasteiger partial charge on any atom is -0.392 e. The Morgan fingerprint density at radius 1 is 1.64 bits per heavy atom. The molecule has 1 rings (SSSR count). The summed E-state index contributed by atoms with van der Waals surface area (Å²) in [6.45, 7) is 7.55. The van der Waals surface area contributed by atoms with Crippen molar-refractivity contribution in [2.75, 3.05) is 0 Å². The van der Waals surface area contributed by atoms with Crippen LogP contribution in [0.25, 0.3) is 0 Å². The van der Waals surface area contributed by atoms with E-state index in [4.69, 9.17) is 0 Å². The van der Waals surface area contributed by atoms with Crippen molar-refractivity contribution in [3.63, 3.8) is 0 Å². The standard InChI is InChI=1S/C10H16O/c1-3-4-9-6-5-8(2)7-10(9)11/h3,9-11H,1-2,4-7H2/t9-,10-/m1/s1. The maximum absolute atomic E-state index is 9.56. The molecule has 0 radical (unpaired) electrons. The van der Waals surface area contributed by atoms with Gasteiger partial charge in [0.05, 0.1) is 6.10 Å². The molecule has 1 fully saturated rings. The predicted molar refractivity (Wildman–Crippen MR) is 47.3 cm³/mol. The average Bonchev–Trinajstić information content (AvgIpc) is 1.95. The third-order valence-electron chi connectivity index (χ3n) is 2.38. The summed E-state index contributed by atoms with van der Waals surface area (Å²) in [4.78, 5) is 0. The second-order valence-corrected chi connectivity index (χ2v) is 3.34. The number of hydrogen-bond acceptors (Lipinski definition) is 1. The second kappa shape index (κ2) is 3.72. The van der Waals surface area contributed by atoms with Gasteiger partial charge >= 0.3 is 0 Å². The quantitative estimate of drug-likeness (QED) is 0.602. The van der Waals surface area contributed by atoms with Gasteiger partial charge in [-0.15, -0.1) is 6.58 Å². The van der Waals surface area contributed by atoms with E-state index in [-0.39, 0.29) is 6.10 Å². The molecule has 0 aromatic heterocycles. The fourth-order valence-corrected chi connectivity index (χ4v) is 1.64. The lowest BCUT2D eigenvalue weighted by molar-refractivity contribution is 0.0899. The van der Waals surface area contributed by atoms with Crippen molar-refractivity contribution in [1.82, 2.24) is 0 Å². The van der Waals surface area contributed by atoms with Crippen molar-refractivity contribution < 1.29 is 5.11 Å². The van der Waals surface area contributed by atoms with Crippen molar-refractivity contribution >= 4 is 0 Å².